The largest absolute Gasteiger partial charge is 0.497 e. The molecule has 1 N–H and O–H groups in total. The Hall–Kier alpha value is -2.76. The molecule has 0 atom stereocenters. The average molecular weight is 367 g/mol. The SMILES string of the molecule is CCNC(=NCc1ncccc1C)N1CCN(c2cccc(OC)c2)CC1. The molecule has 1 saturated heterocycles. The number of benzene rings is 1. The molecular formula is C21H29N5O. The third-order valence-corrected chi connectivity index (χ3v) is 4.83. The lowest BCUT2D eigenvalue weighted by atomic mass is 10.2. The molecule has 1 aliphatic heterocycles. The first-order chi connectivity index (χ1) is 13.2. The van der Waals surface area contributed by atoms with E-state index >= 15 is 0 Å². The van der Waals surface area contributed by atoms with Crippen LogP contribution in [0.25, 0.3) is 0 Å². The van der Waals surface area contributed by atoms with Gasteiger partial charge in [0.25, 0.3) is 0 Å². The molecule has 0 radical (unpaired) electrons. The number of hydrogen-bond donors (Lipinski definition) is 1. The van der Waals surface area contributed by atoms with Crippen LogP contribution >= 0.6 is 0 Å². The summed E-state index contributed by atoms with van der Waals surface area (Å²) >= 11 is 0. The highest BCUT2D eigenvalue weighted by molar-refractivity contribution is 5.80. The summed E-state index contributed by atoms with van der Waals surface area (Å²) in [6.07, 6.45) is 1.83. The molecule has 1 aromatic heterocycles. The minimum absolute atomic E-state index is 0.602. The third-order valence-electron chi connectivity index (χ3n) is 4.83. The summed E-state index contributed by atoms with van der Waals surface area (Å²) in [6, 6.07) is 12.3. The standard InChI is InChI=1S/C21H29N5O/c1-4-22-21(24-16-20-17(2)7-6-10-23-20)26-13-11-25(12-14-26)18-8-5-9-19(15-18)27-3/h5-10,15H,4,11-14,16H2,1-3H3,(H,22,24). The summed E-state index contributed by atoms with van der Waals surface area (Å²) < 4.78 is 5.35. The van der Waals surface area contributed by atoms with Crippen LogP contribution in [-0.2, 0) is 6.54 Å². The lowest BCUT2D eigenvalue weighted by molar-refractivity contribution is 0.372. The van der Waals surface area contributed by atoms with E-state index in [-0.39, 0.29) is 0 Å². The van der Waals surface area contributed by atoms with Crippen LogP contribution in [0.5, 0.6) is 5.75 Å². The second-order valence-electron chi connectivity index (χ2n) is 6.61. The lowest BCUT2D eigenvalue weighted by Gasteiger charge is -2.37. The van der Waals surface area contributed by atoms with Crippen molar-refractivity contribution in [1.29, 1.82) is 0 Å². The number of nitrogens with zero attached hydrogens (tertiary/aromatic N) is 4. The van der Waals surface area contributed by atoms with Gasteiger partial charge in [-0.05, 0) is 37.6 Å². The first-order valence-corrected chi connectivity index (χ1v) is 9.54. The highest BCUT2D eigenvalue weighted by atomic mass is 16.5. The van der Waals surface area contributed by atoms with Crippen molar-refractivity contribution in [3.8, 4) is 5.75 Å². The normalized spacial score (nSPS) is 15.0. The van der Waals surface area contributed by atoms with Gasteiger partial charge in [0.05, 0.1) is 19.3 Å². The van der Waals surface area contributed by atoms with Crippen molar-refractivity contribution in [3.05, 3.63) is 53.9 Å². The first-order valence-electron chi connectivity index (χ1n) is 9.54. The molecule has 144 valence electrons. The number of methoxy groups -OCH3 is 1. The fraction of sp³-hybridized carbons (Fsp3) is 0.429. The van der Waals surface area contributed by atoms with E-state index in [1.165, 1.54) is 11.3 Å². The van der Waals surface area contributed by atoms with Crippen LogP contribution in [0, 0.1) is 6.92 Å². The fourth-order valence-corrected chi connectivity index (χ4v) is 3.24. The van der Waals surface area contributed by atoms with Gasteiger partial charge in [-0.2, -0.15) is 0 Å². The summed E-state index contributed by atoms with van der Waals surface area (Å²) in [4.78, 5) is 14.0. The van der Waals surface area contributed by atoms with Gasteiger partial charge in [0.1, 0.15) is 5.75 Å². The van der Waals surface area contributed by atoms with Crippen molar-refractivity contribution < 1.29 is 4.74 Å². The number of ether oxygens (including phenoxy) is 1. The predicted octanol–water partition coefficient (Wildman–Crippen LogP) is 2.69. The molecule has 6 heteroatoms. The summed E-state index contributed by atoms with van der Waals surface area (Å²) in [5.74, 6) is 1.86. The van der Waals surface area contributed by atoms with Gasteiger partial charge in [-0.1, -0.05) is 12.1 Å². The van der Waals surface area contributed by atoms with Gasteiger partial charge in [-0.3, -0.25) is 4.98 Å². The molecule has 0 spiro atoms. The number of aliphatic imine (C=N–C) groups is 1. The molecule has 0 amide bonds. The monoisotopic (exact) mass is 367 g/mol. The van der Waals surface area contributed by atoms with Crippen molar-refractivity contribution >= 4 is 11.6 Å². The minimum Gasteiger partial charge on any atom is -0.497 e. The van der Waals surface area contributed by atoms with Crippen LogP contribution in [-0.4, -0.2) is 55.7 Å². The molecule has 27 heavy (non-hydrogen) atoms. The van der Waals surface area contributed by atoms with Crippen molar-refractivity contribution in [2.75, 3.05) is 44.7 Å². The highest BCUT2D eigenvalue weighted by Gasteiger charge is 2.20. The predicted molar refractivity (Wildman–Crippen MR) is 111 cm³/mol. The van der Waals surface area contributed by atoms with Crippen LogP contribution in [0.2, 0.25) is 0 Å². The molecule has 1 fully saturated rings. The number of aryl methyl sites for hydroxylation is 1. The summed E-state index contributed by atoms with van der Waals surface area (Å²) in [5.41, 5.74) is 3.42. The molecule has 2 aromatic rings. The number of hydrogen-bond acceptors (Lipinski definition) is 4. The Morgan fingerprint density at radius 1 is 1.19 bits per heavy atom. The molecule has 0 unspecified atom stereocenters. The van der Waals surface area contributed by atoms with Crippen LogP contribution in [0.15, 0.2) is 47.6 Å². The topological polar surface area (TPSA) is 53.0 Å². The Morgan fingerprint density at radius 3 is 2.70 bits per heavy atom. The first kappa shape index (κ1) is 19.0. The zero-order valence-electron chi connectivity index (χ0n) is 16.5. The summed E-state index contributed by atoms with van der Waals surface area (Å²) in [6.45, 7) is 9.43. The molecule has 0 saturated carbocycles. The second-order valence-corrected chi connectivity index (χ2v) is 6.61. The fourth-order valence-electron chi connectivity index (χ4n) is 3.24. The molecule has 1 aliphatic rings. The molecule has 6 nitrogen and oxygen atoms in total. The van der Waals surface area contributed by atoms with Crippen LogP contribution in [0.1, 0.15) is 18.2 Å². The lowest BCUT2D eigenvalue weighted by Crippen LogP contribution is -2.52. The van der Waals surface area contributed by atoms with Crippen LogP contribution < -0.4 is 15.0 Å². The van der Waals surface area contributed by atoms with E-state index in [0.717, 1.165) is 50.1 Å². The Kier molecular flexibility index (Phi) is 6.52. The van der Waals surface area contributed by atoms with E-state index < -0.39 is 0 Å². The van der Waals surface area contributed by atoms with Gasteiger partial charge < -0.3 is 19.9 Å². The van der Waals surface area contributed by atoms with Crippen LogP contribution in [0.4, 0.5) is 5.69 Å². The van der Waals surface area contributed by atoms with Gasteiger partial charge in [0, 0.05) is 50.7 Å². The maximum Gasteiger partial charge on any atom is 0.194 e. The third kappa shape index (κ3) is 4.90. The van der Waals surface area contributed by atoms with E-state index in [1.54, 1.807) is 7.11 Å². The van der Waals surface area contributed by atoms with Gasteiger partial charge in [0.2, 0.25) is 0 Å². The van der Waals surface area contributed by atoms with Gasteiger partial charge >= 0.3 is 0 Å². The average Bonchev–Trinajstić information content (AvgIpc) is 2.72. The molecule has 0 bridgehead atoms. The van der Waals surface area contributed by atoms with Gasteiger partial charge in [-0.15, -0.1) is 0 Å². The summed E-state index contributed by atoms with van der Waals surface area (Å²) in [5, 5.41) is 3.42. The van der Waals surface area contributed by atoms with Crippen molar-refractivity contribution in [2.45, 2.75) is 20.4 Å². The van der Waals surface area contributed by atoms with E-state index in [9.17, 15) is 0 Å². The van der Waals surface area contributed by atoms with Gasteiger partial charge in [0.15, 0.2) is 5.96 Å². The smallest absolute Gasteiger partial charge is 0.194 e. The van der Waals surface area contributed by atoms with Crippen molar-refractivity contribution in [3.63, 3.8) is 0 Å². The highest BCUT2D eigenvalue weighted by Crippen LogP contribution is 2.22. The number of pyridine rings is 1. The quantitative estimate of drug-likeness (QED) is 0.650. The Bertz CT molecular complexity index is 769. The van der Waals surface area contributed by atoms with E-state index in [4.69, 9.17) is 9.73 Å². The maximum absolute atomic E-state index is 5.35. The zero-order valence-corrected chi connectivity index (χ0v) is 16.5. The van der Waals surface area contributed by atoms with Crippen molar-refractivity contribution in [2.24, 2.45) is 4.99 Å². The molecular weight excluding hydrogens is 338 g/mol. The number of nitrogens with one attached hydrogen (secondary N) is 1. The second kappa shape index (κ2) is 9.26. The number of guanidine groups is 1. The number of anilines is 1. The van der Waals surface area contributed by atoms with E-state index in [2.05, 4.69) is 52.1 Å². The molecule has 0 aliphatic carbocycles. The Balaban J connectivity index is 1.64. The zero-order chi connectivity index (χ0) is 19.1. The number of aromatic nitrogens is 1. The molecule has 1 aromatic carbocycles. The van der Waals surface area contributed by atoms with E-state index in [1.807, 2.05) is 24.4 Å². The summed E-state index contributed by atoms with van der Waals surface area (Å²) in [7, 11) is 1.71. The molecule has 2 heterocycles. The number of rotatable bonds is 5. The Labute approximate surface area is 161 Å². The van der Waals surface area contributed by atoms with Crippen molar-refractivity contribution in [1.82, 2.24) is 15.2 Å². The van der Waals surface area contributed by atoms with Crippen LogP contribution in [0.3, 0.4) is 0 Å². The number of piperazine rings is 1. The molecule has 3 rings (SSSR count). The maximum atomic E-state index is 5.35. The minimum atomic E-state index is 0.602. The Morgan fingerprint density at radius 2 is 2.00 bits per heavy atom. The van der Waals surface area contributed by atoms with E-state index in [0.29, 0.717) is 6.54 Å². The van der Waals surface area contributed by atoms with Gasteiger partial charge in [-0.25, -0.2) is 4.99 Å².